The zero-order valence-electron chi connectivity index (χ0n) is 60.9. The number of esters is 2. The fourth-order valence-electron chi connectivity index (χ4n) is 10.6. The van der Waals surface area contributed by atoms with Gasteiger partial charge in [0.15, 0.2) is 6.10 Å². The van der Waals surface area contributed by atoms with Crippen molar-refractivity contribution in [1.82, 2.24) is 0 Å². The summed E-state index contributed by atoms with van der Waals surface area (Å²) in [4.78, 5) is 24.7. The molecule has 0 aromatic carbocycles. The van der Waals surface area contributed by atoms with Crippen LogP contribution in [0, 0.1) is 0 Å². The molecule has 5 nitrogen and oxygen atoms in total. The minimum atomic E-state index is -0.787. The Morgan fingerprint density at radius 3 is 0.638 bits per heavy atom. The quantitative estimate of drug-likeness (QED) is 0.0373. The van der Waals surface area contributed by atoms with Crippen LogP contribution in [0.15, 0.2) is 194 Å². The average molecular weight is 1290 g/mol. The number of carbonyl (C=O) groups is 2. The highest BCUT2D eigenvalue weighted by atomic mass is 16.6. The molecule has 0 aliphatic heterocycles. The highest BCUT2D eigenvalue weighted by Crippen LogP contribution is 2.17. The standard InChI is InChI=1S/C89H144O5/c1-3-5-7-9-11-13-15-17-19-21-23-25-27-29-31-33-35-37-39-41-43-44-46-48-50-52-54-56-58-60-62-64-66-68-70-72-74-76-78-80-82-84-89(92)94-87(85-90)86-93-88(91)83-81-79-77-75-73-71-69-67-65-63-61-59-57-55-53-51-49-47-45-42-40-38-36-34-32-30-28-26-24-22-20-18-16-14-12-10-8-6-4-2/h5-8,11-14,17-20,23-26,29-32,35-38,41,43,46,48,52,54,58,60,87,90H,3-4,9-10,15-16,21-22,27-28,33-34,39-40,42,44-45,47,49-51,53,55-57,59,61-86H2,1-2H3/b7-5-,8-6-,13-11-,14-12-,19-17-,20-18-,25-23-,26-24-,31-29-,32-30-,37-35-,38-36-,43-41-,48-46-,54-52-,60-58-. The van der Waals surface area contributed by atoms with E-state index in [0.717, 1.165) is 141 Å². The molecule has 0 heterocycles. The maximum absolute atomic E-state index is 12.4. The van der Waals surface area contributed by atoms with Crippen LogP contribution in [0.1, 0.15) is 335 Å². The van der Waals surface area contributed by atoms with Crippen LogP contribution in [0.2, 0.25) is 0 Å². The van der Waals surface area contributed by atoms with Crippen molar-refractivity contribution in [2.75, 3.05) is 13.2 Å². The number of ether oxygens (including phenoxy) is 2. The summed E-state index contributed by atoms with van der Waals surface area (Å²) in [6.07, 6.45) is 129. The van der Waals surface area contributed by atoms with Gasteiger partial charge in [-0.1, -0.05) is 375 Å². The molecule has 0 aromatic rings. The lowest BCUT2D eigenvalue weighted by atomic mass is 10.0. The number of aliphatic hydroxyl groups is 1. The molecule has 5 heteroatoms. The van der Waals surface area contributed by atoms with Gasteiger partial charge in [-0.25, -0.2) is 0 Å². The number of hydrogen-bond donors (Lipinski definition) is 1. The second kappa shape index (κ2) is 82.0. The molecule has 0 rings (SSSR count). The first-order chi connectivity index (χ1) is 46.6. The fourth-order valence-corrected chi connectivity index (χ4v) is 10.6. The van der Waals surface area contributed by atoms with Gasteiger partial charge in [0.25, 0.3) is 0 Å². The van der Waals surface area contributed by atoms with E-state index in [9.17, 15) is 14.7 Å². The first kappa shape index (κ1) is 88.7. The topological polar surface area (TPSA) is 72.8 Å². The van der Waals surface area contributed by atoms with E-state index in [2.05, 4.69) is 208 Å². The molecule has 0 saturated heterocycles. The molecule has 0 aromatic heterocycles. The lowest BCUT2D eigenvalue weighted by Crippen LogP contribution is -2.28. The molecule has 0 saturated carbocycles. The molecule has 1 N–H and O–H groups in total. The van der Waals surface area contributed by atoms with Gasteiger partial charge in [-0.05, 0) is 141 Å². The van der Waals surface area contributed by atoms with Crippen LogP contribution >= 0.6 is 0 Å². The number of rotatable bonds is 70. The zero-order chi connectivity index (χ0) is 67.5. The largest absolute Gasteiger partial charge is 0.462 e. The van der Waals surface area contributed by atoms with Crippen LogP contribution in [0.5, 0.6) is 0 Å². The summed E-state index contributed by atoms with van der Waals surface area (Å²) in [5.74, 6) is -0.594. The van der Waals surface area contributed by atoms with Crippen LogP contribution < -0.4 is 0 Å². The van der Waals surface area contributed by atoms with Gasteiger partial charge in [-0.2, -0.15) is 0 Å². The minimum Gasteiger partial charge on any atom is -0.462 e. The Hall–Kier alpha value is -5.26. The molecule has 0 spiro atoms. The Labute approximate surface area is 581 Å². The normalized spacial score (nSPS) is 13.4. The summed E-state index contributed by atoms with van der Waals surface area (Å²) in [6, 6.07) is 0. The lowest BCUT2D eigenvalue weighted by molar-refractivity contribution is -0.161. The van der Waals surface area contributed by atoms with Crippen LogP contribution in [0.3, 0.4) is 0 Å². The Kier molecular flexibility index (Phi) is 77.4. The Morgan fingerprint density at radius 1 is 0.245 bits per heavy atom. The van der Waals surface area contributed by atoms with Crippen LogP contribution in [-0.4, -0.2) is 36.4 Å². The Bertz CT molecular complexity index is 2110. The van der Waals surface area contributed by atoms with Gasteiger partial charge >= 0.3 is 11.9 Å². The Morgan fingerprint density at radius 2 is 0.426 bits per heavy atom. The third kappa shape index (κ3) is 79.2. The van der Waals surface area contributed by atoms with Crippen LogP contribution in [-0.2, 0) is 19.1 Å². The first-order valence-corrected chi connectivity index (χ1v) is 39.0. The molecule has 0 radical (unpaired) electrons. The third-order valence-electron chi connectivity index (χ3n) is 16.4. The van der Waals surface area contributed by atoms with Crippen molar-refractivity contribution in [3.8, 4) is 0 Å². The number of hydrogen-bond acceptors (Lipinski definition) is 5. The zero-order valence-corrected chi connectivity index (χ0v) is 60.9. The fraction of sp³-hybridized carbons (Fsp3) is 0.618. The number of carbonyl (C=O) groups excluding carboxylic acids is 2. The summed E-state index contributed by atoms with van der Waals surface area (Å²) < 4.78 is 10.8. The molecular weight excluding hydrogens is 1150 g/mol. The van der Waals surface area contributed by atoms with Gasteiger partial charge in [0.05, 0.1) is 6.61 Å². The van der Waals surface area contributed by atoms with Gasteiger partial charge in [-0.3, -0.25) is 9.59 Å². The molecule has 0 amide bonds. The highest BCUT2D eigenvalue weighted by molar-refractivity contribution is 5.70. The number of allylic oxidation sites excluding steroid dienone is 32. The van der Waals surface area contributed by atoms with Crippen molar-refractivity contribution in [2.24, 2.45) is 0 Å². The summed E-state index contributed by atoms with van der Waals surface area (Å²) in [7, 11) is 0. The van der Waals surface area contributed by atoms with E-state index in [0.29, 0.717) is 12.8 Å². The molecule has 0 aliphatic carbocycles. The number of aliphatic hydroxyl groups excluding tert-OH is 1. The molecule has 0 fully saturated rings. The molecule has 0 bridgehead atoms. The summed E-state index contributed by atoms with van der Waals surface area (Å²) in [6.45, 7) is 3.92. The molecule has 530 valence electrons. The van der Waals surface area contributed by atoms with E-state index in [1.807, 2.05) is 0 Å². The Balaban J connectivity index is 3.52. The van der Waals surface area contributed by atoms with E-state index in [-0.39, 0.29) is 25.2 Å². The summed E-state index contributed by atoms with van der Waals surface area (Å²) in [5.41, 5.74) is 0. The second-order valence-corrected chi connectivity index (χ2v) is 25.3. The predicted octanol–water partition coefficient (Wildman–Crippen LogP) is 27.9. The van der Waals surface area contributed by atoms with Crippen molar-refractivity contribution in [1.29, 1.82) is 0 Å². The summed E-state index contributed by atoms with van der Waals surface area (Å²) >= 11 is 0. The maximum atomic E-state index is 12.4. The maximum Gasteiger partial charge on any atom is 0.306 e. The first-order valence-electron chi connectivity index (χ1n) is 39.0. The van der Waals surface area contributed by atoms with Crippen LogP contribution in [0.25, 0.3) is 0 Å². The smallest absolute Gasteiger partial charge is 0.306 e. The van der Waals surface area contributed by atoms with Crippen molar-refractivity contribution in [3.63, 3.8) is 0 Å². The molecule has 1 atom stereocenters. The van der Waals surface area contributed by atoms with Crippen molar-refractivity contribution in [2.45, 2.75) is 341 Å². The average Bonchev–Trinajstić information content (AvgIpc) is 3.77. The van der Waals surface area contributed by atoms with Gasteiger partial charge < -0.3 is 14.6 Å². The van der Waals surface area contributed by atoms with Crippen LogP contribution in [0.4, 0.5) is 0 Å². The monoisotopic (exact) mass is 1290 g/mol. The summed E-state index contributed by atoms with van der Waals surface area (Å²) in [5, 5.41) is 9.73. The third-order valence-corrected chi connectivity index (χ3v) is 16.4. The molecule has 0 aliphatic rings. The van der Waals surface area contributed by atoms with E-state index < -0.39 is 6.10 Å². The molecule has 1 unspecified atom stereocenters. The lowest BCUT2D eigenvalue weighted by Gasteiger charge is -2.15. The van der Waals surface area contributed by atoms with E-state index in [4.69, 9.17) is 9.47 Å². The van der Waals surface area contributed by atoms with Crippen molar-refractivity contribution >= 4 is 11.9 Å². The molecular formula is C89H144O5. The highest BCUT2D eigenvalue weighted by Gasteiger charge is 2.16. The van der Waals surface area contributed by atoms with Gasteiger partial charge in [0.2, 0.25) is 0 Å². The number of unbranched alkanes of at least 4 members (excludes halogenated alkanes) is 30. The predicted molar refractivity (Wildman–Crippen MR) is 416 cm³/mol. The second-order valence-electron chi connectivity index (χ2n) is 25.3. The van der Waals surface area contributed by atoms with E-state index in [1.165, 1.54) is 167 Å². The van der Waals surface area contributed by atoms with E-state index >= 15 is 0 Å². The van der Waals surface area contributed by atoms with E-state index in [1.54, 1.807) is 0 Å². The van der Waals surface area contributed by atoms with Gasteiger partial charge in [0, 0.05) is 12.8 Å². The SMILES string of the molecule is CC/C=C\C/C=C\C/C=C\C/C=C\C/C=C\C/C=C\C/C=C\C/C=C\C/C=C\C/C=C\CCCCCCCCCCCCC(=O)OC(CO)COC(=O)CCCCCCCCCCCCCCCCCCCCCC/C=C\C/C=C\C/C=C\C/C=C\C/C=C\C/C=C\CC. The van der Waals surface area contributed by atoms with Crippen molar-refractivity contribution < 1.29 is 24.2 Å². The van der Waals surface area contributed by atoms with Gasteiger partial charge in [-0.15, -0.1) is 0 Å². The minimum absolute atomic E-state index is 0.0741. The van der Waals surface area contributed by atoms with Gasteiger partial charge in [0.1, 0.15) is 6.61 Å². The van der Waals surface area contributed by atoms with Crippen molar-refractivity contribution in [3.05, 3.63) is 194 Å². The molecule has 94 heavy (non-hydrogen) atoms.